The highest BCUT2D eigenvalue weighted by molar-refractivity contribution is 7.91. The molecule has 0 spiro atoms. The Morgan fingerprint density at radius 2 is 1.87 bits per heavy atom. The molecule has 2 amide bonds. The molecule has 1 aromatic carbocycles. The van der Waals surface area contributed by atoms with E-state index in [9.17, 15) is 18.5 Å². The predicted octanol–water partition coefficient (Wildman–Crippen LogP) is 3.52. The Morgan fingerprint density at radius 1 is 1.35 bits per heavy atom. The van der Waals surface area contributed by atoms with Crippen molar-refractivity contribution in [2.45, 2.75) is 25.5 Å². The van der Waals surface area contributed by atoms with Crippen LogP contribution in [-0.4, -0.2) is 37.9 Å². The lowest BCUT2D eigenvalue weighted by molar-refractivity contribution is 0.184. The SMILES string of the molecule is CC(C)(C)[S@+]([O-])/N=C/c1c(Cl)ccc(N(C(=O)O)C(=O)O)c1F. The van der Waals surface area contributed by atoms with Gasteiger partial charge >= 0.3 is 12.2 Å². The molecule has 0 radical (unpaired) electrons. The second kappa shape index (κ2) is 7.16. The molecule has 7 nitrogen and oxygen atoms in total. The molecule has 0 aromatic heterocycles. The van der Waals surface area contributed by atoms with Crippen LogP contribution in [0.1, 0.15) is 26.3 Å². The monoisotopic (exact) mass is 364 g/mol. The van der Waals surface area contributed by atoms with Gasteiger partial charge in [0, 0.05) is 0 Å². The van der Waals surface area contributed by atoms with E-state index in [1.165, 1.54) is 0 Å². The lowest BCUT2D eigenvalue weighted by Crippen LogP contribution is -2.35. The van der Waals surface area contributed by atoms with E-state index in [2.05, 4.69) is 4.40 Å². The third-order valence-corrected chi connectivity index (χ3v) is 4.21. The van der Waals surface area contributed by atoms with Crippen LogP contribution < -0.4 is 4.90 Å². The van der Waals surface area contributed by atoms with Gasteiger partial charge in [0.25, 0.3) is 0 Å². The number of anilines is 1. The highest BCUT2D eigenvalue weighted by Gasteiger charge is 2.29. The zero-order chi connectivity index (χ0) is 17.9. The molecule has 0 aliphatic heterocycles. The number of hydrogen-bond acceptors (Lipinski definition) is 4. The quantitative estimate of drug-likeness (QED) is 0.629. The second-order valence-electron chi connectivity index (χ2n) is 5.29. The first-order valence-corrected chi connectivity index (χ1v) is 7.65. The molecule has 0 heterocycles. The van der Waals surface area contributed by atoms with Crippen molar-refractivity contribution in [3.63, 3.8) is 0 Å². The molecule has 2 N–H and O–H groups in total. The largest absolute Gasteiger partial charge is 0.591 e. The summed E-state index contributed by atoms with van der Waals surface area (Å²) in [4.78, 5) is 21.7. The normalized spacial score (nSPS) is 13.1. The average Bonchev–Trinajstić information content (AvgIpc) is 2.39. The third-order valence-electron chi connectivity index (χ3n) is 2.53. The van der Waals surface area contributed by atoms with Crippen molar-refractivity contribution in [3.05, 3.63) is 28.5 Å². The van der Waals surface area contributed by atoms with Crippen molar-refractivity contribution in [2.24, 2.45) is 4.40 Å². The van der Waals surface area contributed by atoms with Crippen LogP contribution in [0.15, 0.2) is 16.5 Å². The van der Waals surface area contributed by atoms with Crippen LogP contribution in [-0.2, 0) is 11.4 Å². The van der Waals surface area contributed by atoms with E-state index in [1.54, 1.807) is 20.8 Å². The standard InChI is InChI=1S/C13H14ClFN2O5S/c1-13(2,3)23(22)16-6-7-8(14)4-5-9(10(7)15)17(11(18)19)12(20)21/h4-6H,1-3H3,(H,18,19)(H,20,21)/b16-6+/t23-/m0/s1. The molecule has 1 atom stereocenters. The molecule has 0 saturated heterocycles. The third kappa shape index (κ3) is 4.57. The van der Waals surface area contributed by atoms with Gasteiger partial charge in [0.15, 0.2) is 5.82 Å². The van der Waals surface area contributed by atoms with E-state index < -0.39 is 39.8 Å². The first-order valence-electron chi connectivity index (χ1n) is 6.17. The van der Waals surface area contributed by atoms with Crippen LogP contribution in [0, 0.1) is 5.82 Å². The fourth-order valence-corrected chi connectivity index (χ4v) is 2.11. The number of rotatable bonds is 3. The van der Waals surface area contributed by atoms with Gasteiger partial charge in [0.05, 0.1) is 22.5 Å². The summed E-state index contributed by atoms with van der Waals surface area (Å²) in [6, 6.07) is 2.04. The summed E-state index contributed by atoms with van der Waals surface area (Å²) in [7, 11) is 0. The maximum atomic E-state index is 14.4. The van der Waals surface area contributed by atoms with Crippen LogP contribution in [0.5, 0.6) is 0 Å². The molecular formula is C13H14ClFN2O5S. The van der Waals surface area contributed by atoms with Crippen molar-refractivity contribution in [2.75, 3.05) is 4.90 Å². The summed E-state index contributed by atoms with van der Waals surface area (Å²) in [6.45, 7) is 4.97. The Kier molecular flexibility index (Phi) is 5.98. The molecule has 0 aliphatic carbocycles. The molecular weight excluding hydrogens is 351 g/mol. The summed E-state index contributed by atoms with van der Waals surface area (Å²) in [5, 5.41) is 17.6. The van der Waals surface area contributed by atoms with E-state index in [0.717, 1.165) is 18.3 Å². The molecule has 1 aromatic rings. The van der Waals surface area contributed by atoms with Crippen molar-refractivity contribution in [3.8, 4) is 0 Å². The number of imide groups is 1. The molecule has 0 bridgehead atoms. The molecule has 10 heteroatoms. The van der Waals surface area contributed by atoms with Crippen molar-refractivity contribution < 1.29 is 28.7 Å². The predicted molar refractivity (Wildman–Crippen MR) is 85.4 cm³/mol. The minimum atomic E-state index is -1.88. The lowest BCUT2D eigenvalue weighted by atomic mass is 10.2. The minimum absolute atomic E-state index is 0.128. The lowest BCUT2D eigenvalue weighted by Gasteiger charge is -2.18. The zero-order valence-corrected chi connectivity index (χ0v) is 14.0. The Balaban J connectivity index is 3.36. The molecule has 1 rings (SSSR count). The van der Waals surface area contributed by atoms with E-state index in [-0.39, 0.29) is 15.5 Å². The maximum Gasteiger partial charge on any atom is 0.421 e. The van der Waals surface area contributed by atoms with Crippen LogP contribution in [0.4, 0.5) is 19.7 Å². The zero-order valence-electron chi connectivity index (χ0n) is 12.4. The number of amides is 2. The van der Waals surface area contributed by atoms with E-state index in [1.807, 2.05) is 0 Å². The van der Waals surface area contributed by atoms with Gasteiger partial charge in [-0.25, -0.2) is 14.0 Å². The Labute approximate surface area is 139 Å². The van der Waals surface area contributed by atoms with Gasteiger partial charge in [0.1, 0.15) is 16.1 Å². The first kappa shape index (κ1) is 19.2. The van der Waals surface area contributed by atoms with Crippen LogP contribution in [0.25, 0.3) is 0 Å². The number of carboxylic acid groups (broad SMARTS) is 2. The average molecular weight is 365 g/mol. The molecule has 0 fully saturated rings. The van der Waals surface area contributed by atoms with Crippen molar-refractivity contribution in [1.29, 1.82) is 0 Å². The summed E-state index contributed by atoms with van der Waals surface area (Å²) < 4.78 is 29.3. The first-order chi connectivity index (χ1) is 10.5. The van der Waals surface area contributed by atoms with Gasteiger partial charge in [-0.1, -0.05) is 16.0 Å². The number of nitrogens with zero attached hydrogens (tertiary/aromatic N) is 2. The molecule has 0 aliphatic rings. The van der Waals surface area contributed by atoms with Gasteiger partial charge in [0.2, 0.25) is 0 Å². The van der Waals surface area contributed by atoms with Gasteiger partial charge in [-0.15, -0.1) is 0 Å². The van der Waals surface area contributed by atoms with Gasteiger partial charge in [-0.2, -0.15) is 4.90 Å². The van der Waals surface area contributed by atoms with Crippen LogP contribution in [0.3, 0.4) is 0 Å². The number of halogens is 2. The van der Waals surface area contributed by atoms with Gasteiger partial charge < -0.3 is 14.8 Å². The smallest absolute Gasteiger partial charge is 0.421 e. The fourth-order valence-electron chi connectivity index (χ4n) is 1.40. The summed E-state index contributed by atoms with van der Waals surface area (Å²) >= 11 is 4.13. The molecule has 126 valence electrons. The van der Waals surface area contributed by atoms with Gasteiger partial charge in [-0.05, 0) is 32.9 Å². The number of carbonyl (C=O) groups is 2. The Morgan fingerprint density at radius 3 is 2.30 bits per heavy atom. The number of benzene rings is 1. The van der Waals surface area contributed by atoms with E-state index >= 15 is 0 Å². The van der Waals surface area contributed by atoms with E-state index in [4.69, 9.17) is 21.8 Å². The Hall–Kier alpha value is -1.84. The van der Waals surface area contributed by atoms with Crippen LogP contribution in [0.2, 0.25) is 5.02 Å². The fraction of sp³-hybridized carbons (Fsp3) is 0.308. The summed E-state index contributed by atoms with van der Waals surface area (Å²) in [5.74, 6) is -1.20. The highest BCUT2D eigenvalue weighted by atomic mass is 35.5. The summed E-state index contributed by atoms with van der Waals surface area (Å²) in [5.41, 5.74) is -1.08. The topological polar surface area (TPSA) is 113 Å². The molecule has 23 heavy (non-hydrogen) atoms. The Bertz CT molecular complexity index is 649. The summed E-state index contributed by atoms with van der Waals surface area (Å²) in [6.07, 6.45) is -2.86. The van der Waals surface area contributed by atoms with Gasteiger partial charge in [-0.3, -0.25) is 0 Å². The molecule has 0 unspecified atom stereocenters. The highest BCUT2D eigenvalue weighted by Crippen LogP contribution is 2.28. The second-order valence-corrected chi connectivity index (χ2v) is 7.63. The van der Waals surface area contributed by atoms with E-state index in [0.29, 0.717) is 0 Å². The van der Waals surface area contributed by atoms with Crippen molar-refractivity contribution in [1.82, 2.24) is 0 Å². The minimum Gasteiger partial charge on any atom is -0.591 e. The van der Waals surface area contributed by atoms with Crippen LogP contribution >= 0.6 is 11.6 Å². The molecule has 0 saturated carbocycles. The maximum absolute atomic E-state index is 14.4. The number of hydrogen-bond donors (Lipinski definition) is 2. The van der Waals surface area contributed by atoms with Crippen molar-refractivity contribution >= 4 is 47.1 Å².